The smallest absolute Gasteiger partial charge is 0.0948 e. The third kappa shape index (κ3) is 3.72. The lowest BCUT2D eigenvalue weighted by Crippen LogP contribution is -2.21. The van der Waals surface area contributed by atoms with E-state index in [-0.39, 0.29) is 5.92 Å². The van der Waals surface area contributed by atoms with Crippen molar-refractivity contribution >= 4 is 0 Å². The molecule has 4 heteroatoms. The summed E-state index contributed by atoms with van der Waals surface area (Å²) in [5, 5.41) is 11.9. The molecule has 1 rings (SSSR count). The molecule has 82 valence electrons. The summed E-state index contributed by atoms with van der Waals surface area (Å²) in [6, 6.07) is 2.20. The van der Waals surface area contributed by atoms with Crippen LogP contribution in [0.5, 0.6) is 0 Å². The quantitative estimate of drug-likeness (QED) is 0.768. The topological polar surface area (TPSA) is 53.6 Å². The van der Waals surface area contributed by atoms with E-state index in [0.29, 0.717) is 0 Å². The first kappa shape index (κ1) is 11.7. The summed E-state index contributed by atoms with van der Waals surface area (Å²) in [7, 11) is 0. The van der Waals surface area contributed by atoms with E-state index >= 15 is 0 Å². The lowest BCUT2D eigenvalue weighted by molar-refractivity contribution is 0.565. The Morgan fingerprint density at radius 2 is 2.47 bits per heavy atom. The maximum atomic E-state index is 8.62. The van der Waals surface area contributed by atoms with E-state index in [1.807, 2.05) is 19.4 Å². The zero-order valence-electron chi connectivity index (χ0n) is 9.40. The number of nitrogens with one attached hydrogen (secondary N) is 1. The maximum absolute atomic E-state index is 8.62. The molecule has 0 amide bonds. The van der Waals surface area contributed by atoms with Gasteiger partial charge in [0.15, 0.2) is 0 Å². The largest absolute Gasteiger partial charge is 0.333 e. The number of nitrogens with zero attached hydrogens (tertiary/aromatic N) is 3. The van der Waals surface area contributed by atoms with Gasteiger partial charge in [-0.3, -0.25) is 0 Å². The number of imidazole rings is 1. The molecule has 4 nitrogen and oxygen atoms in total. The van der Waals surface area contributed by atoms with Crippen LogP contribution in [0.1, 0.15) is 26.0 Å². The van der Waals surface area contributed by atoms with Crippen molar-refractivity contribution in [3.05, 3.63) is 18.2 Å². The third-order valence-electron chi connectivity index (χ3n) is 2.24. The van der Waals surface area contributed by atoms with Gasteiger partial charge >= 0.3 is 0 Å². The van der Waals surface area contributed by atoms with Crippen molar-refractivity contribution in [2.45, 2.75) is 33.4 Å². The molecular formula is C11H18N4. The van der Waals surface area contributed by atoms with Crippen LogP contribution in [0.2, 0.25) is 0 Å². The predicted octanol–water partition coefficient (Wildman–Crippen LogP) is 1.54. The molecule has 0 aliphatic rings. The SMILES string of the molecule is CCCn1cncc1CNCC(C)C#N. The van der Waals surface area contributed by atoms with Crippen molar-refractivity contribution in [2.24, 2.45) is 5.92 Å². The minimum absolute atomic E-state index is 0.0625. The van der Waals surface area contributed by atoms with Crippen LogP contribution in [0, 0.1) is 17.2 Å². The summed E-state index contributed by atoms with van der Waals surface area (Å²) in [5.74, 6) is 0.0625. The molecule has 1 N–H and O–H groups in total. The lowest BCUT2D eigenvalue weighted by Gasteiger charge is -2.08. The van der Waals surface area contributed by atoms with Crippen LogP contribution in [0.25, 0.3) is 0 Å². The molecule has 0 spiro atoms. The second kappa shape index (κ2) is 6.20. The highest BCUT2D eigenvalue weighted by Gasteiger charge is 2.02. The molecule has 0 saturated heterocycles. The van der Waals surface area contributed by atoms with Gasteiger partial charge in [0.25, 0.3) is 0 Å². The van der Waals surface area contributed by atoms with Crippen LogP contribution in [0.3, 0.4) is 0 Å². The van der Waals surface area contributed by atoms with Crippen molar-refractivity contribution in [1.29, 1.82) is 5.26 Å². The van der Waals surface area contributed by atoms with E-state index in [2.05, 4.69) is 27.9 Å². The van der Waals surface area contributed by atoms with Crippen molar-refractivity contribution < 1.29 is 0 Å². The molecule has 0 bridgehead atoms. The van der Waals surface area contributed by atoms with Gasteiger partial charge in [0.2, 0.25) is 0 Å². The fraction of sp³-hybridized carbons (Fsp3) is 0.636. The average Bonchev–Trinajstić information content (AvgIpc) is 2.66. The van der Waals surface area contributed by atoms with E-state index in [1.54, 1.807) is 0 Å². The molecule has 1 heterocycles. The Morgan fingerprint density at radius 1 is 1.67 bits per heavy atom. The van der Waals surface area contributed by atoms with Gasteiger partial charge in [0.05, 0.1) is 24.0 Å². The van der Waals surface area contributed by atoms with Crippen LogP contribution < -0.4 is 5.32 Å². The predicted molar refractivity (Wildman–Crippen MR) is 59.0 cm³/mol. The highest BCUT2D eigenvalue weighted by atomic mass is 15.1. The number of rotatable bonds is 6. The van der Waals surface area contributed by atoms with Gasteiger partial charge in [-0.2, -0.15) is 5.26 Å². The molecule has 0 aliphatic carbocycles. The average molecular weight is 206 g/mol. The van der Waals surface area contributed by atoms with E-state index in [0.717, 1.165) is 26.1 Å². The Morgan fingerprint density at radius 3 is 3.13 bits per heavy atom. The molecule has 1 atom stereocenters. The summed E-state index contributed by atoms with van der Waals surface area (Å²) < 4.78 is 2.14. The Bertz CT molecular complexity index is 324. The second-order valence-electron chi connectivity index (χ2n) is 3.74. The molecular weight excluding hydrogens is 188 g/mol. The summed E-state index contributed by atoms with van der Waals surface area (Å²) >= 11 is 0. The zero-order chi connectivity index (χ0) is 11.1. The molecule has 0 aliphatic heterocycles. The van der Waals surface area contributed by atoms with E-state index in [9.17, 15) is 0 Å². The van der Waals surface area contributed by atoms with Gasteiger partial charge in [-0.1, -0.05) is 6.92 Å². The minimum atomic E-state index is 0.0625. The van der Waals surface area contributed by atoms with Crippen LogP contribution in [-0.2, 0) is 13.1 Å². The molecule has 15 heavy (non-hydrogen) atoms. The van der Waals surface area contributed by atoms with E-state index in [1.165, 1.54) is 5.69 Å². The van der Waals surface area contributed by atoms with Crippen molar-refractivity contribution in [3.8, 4) is 6.07 Å². The standard InChI is InChI=1S/C11H18N4/c1-3-4-15-9-14-8-11(15)7-13-6-10(2)5-12/h8-10,13H,3-4,6-7H2,1-2H3. The Hall–Kier alpha value is -1.34. The van der Waals surface area contributed by atoms with Crippen molar-refractivity contribution in [1.82, 2.24) is 14.9 Å². The summed E-state index contributed by atoms with van der Waals surface area (Å²) in [6.45, 7) is 6.58. The molecule has 0 fully saturated rings. The van der Waals surface area contributed by atoms with Crippen molar-refractivity contribution in [3.63, 3.8) is 0 Å². The Labute approximate surface area is 90.9 Å². The maximum Gasteiger partial charge on any atom is 0.0948 e. The summed E-state index contributed by atoms with van der Waals surface area (Å²) in [5.41, 5.74) is 1.18. The number of hydrogen-bond acceptors (Lipinski definition) is 3. The van der Waals surface area contributed by atoms with Crippen molar-refractivity contribution in [2.75, 3.05) is 6.54 Å². The number of hydrogen-bond donors (Lipinski definition) is 1. The van der Waals surface area contributed by atoms with Crippen LogP contribution in [0.15, 0.2) is 12.5 Å². The first-order valence-electron chi connectivity index (χ1n) is 5.37. The van der Waals surface area contributed by atoms with Crippen LogP contribution >= 0.6 is 0 Å². The summed E-state index contributed by atoms with van der Waals surface area (Å²) in [6.07, 6.45) is 4.84. The third-order valence-corrected chi connectivity index (χ3v) is 2.24. The first-order valence-corrected chi connectivity index (χ1v) is 5.37. The minimum Gasteiger partial charge on any atom is -0.333 e. The van der Waals surface area contributed by atoms with Crippen LogP contribution in [-0.4, -0.2) is 16.1 Å². The molecule has 1 aromatic rings. The zero-order valence-corrected chi connectivity index (χ0v) is 9.40. The van der Waals surface area contributed by atoms with Gasteiger partial charge in [0.1, 0.15) is 0 Å². The number of aryl methyl sites for hydroxylation is 1. The molecule has 0 radical (unpaired) electrons. The number of nitriles is 1. The number of aromatic nitrogens is 2. The fourth-order valence-corrected chi connectivity index (χ4v) is 1.40. The summed E-state index contributed by atoms with van der Waals surface area (Å²) in [4.78, 5) is 4.12. The Balaban J connectivity index is 2.37. The van der Waals surface area contributed by atoms with E-state index < -0.39 is 0 Å². The second-order valence-corrected chi connectivity index (χ2v) is 3.74. The fourth-order valence-electron chi connectivity index (χ4n) is 1.40. The van der Waals surface area contributed by atoms with Gasteiger partial charge in [0, 0.05) is 25.8 Å². The normalized spacial score (nSPS) is 12.3. The van der Waals surface area contributed by atoms with Gasteiger partial charge in [-0.15, -0.1) is 0 Å². The van der Waals surface area contributed by atoms with Crippen LogP contribution in [0.4, 0.5) is 0 Å². The highest BCUT2D eigenvalue weighted by Crippen LogP contribution is 2.00. The highest BCUT2D eigenvalue weighted by molar-refractivity contribution is 4.98. The molecule has 1 aromatic heterocycles. The van der Waals surface area contributed by atoms with Gasteiger partial charge < -0.3 is 9.88 Å². The monoisotopic (exact) mass is 206 g/mol. The molecule has 0 aromatic carbocycles. The van der Waals surface area contributed by atoms with E-state index in [4.69, 9.17) is 5.26 Å². The van der Waals surface area contributed by atoms with Gasteiger partial charge in [-0.25, -0.2) is 4.98 Å². The molecule has 1 unspecified atom stereocenters. The Kier molecular flexibility index (Phi) is 4.85. The first-order chi connectivity index (χ1) is 7.27. The lowest BCUT2D eigenvalue weighted by atomic mass is 10.2. The van der Waals surface area contributed by atoms with Gasteiger partial charge in [-0.05, 0) is 13.3 Å². The molecule has 0 saturated carbocycles.